The number of esters is 1. The fraction of sp³-hybridized carbons (Fsp3) is 0.548. The van der Waals surface area contributed by atoms with Crippen LogP contribution in [0, 0.1) is 11.8 Å². The van der Waals surface area contributed by atoms with E-state index in [0.717, 1.165) is 7.11 Å². The lowest BCUT2D eigenvalue weighted by Crippen LogP contribution is -2.59. The zero-order chi connectivity index (χ0) is 34.8. The van der Waals surface area contributed by atoms with Crippen LogP contribution >= 0.6 is 0 Å². The maximum Gasteiger partial charge on any atom is 0.408 e. The molecule has 254 valence electrons. The van der Waals surface area contributed by atoms with Crippen LogP contribution in [0.2, 0.25) is 0 Å². The summed E-state index contributed by atoms with van der Waals surface area (Å²) >= 11 is 0. The van der Waals surface area contributed by atoms with Crippen molar-refractivity contribution >= 4 is 47.6 Å². The van der Waals surface area contributed by atoms with E-state index in [1.807, 2.05) is 0 Å². The topological polar surface area (TPSA) is 203 Å². The van der Waals surface area contributed by atoms with Gasteiger partial charge in [0.25, 0.3) is 0 Å². The minimum atomic E-state index is -1.56. The summed E-state index contributed by atoms with van der Waals surface area (Å²) in [4.78, 5) is 99.0. The molecule has 0 fully saturated rings. The van der Waals surface area contributed by atoms with Crippen LogP contribution < -0.4 is 21.3 Å². The molecule has 0 saturated carbocycles. The first-order valence-corrected chi connectivity index (χ1v) is 14.8. The summed E-state index contributed by atoms with van der Waals surface area (Å²) in [6, 6.07) is 3.31. The van der Waals surface area contributed by atoms with Gasteiger partial charge in [-0.2, -0.15) is 0 Å². The molecule has 0 spiro atoms. The number of alkyl halides is 1. The van der Waals surface area contributed by atoms with Gasteiger partial charge in [0.2, 0.25) is 17.7 Å². The lowest BCUT2D eigenvalue weighted by atomic mass is 9.96. The number of carbonyl (C=O) groups is 8. The number of rotatable bonds is 20. The number of ether oxygens (including phenoxy) is 2. The lowest BCUT2D eigenvalue weighted by Gasteiger charge is -2.29. The first-order chi connectivity index (χ1) is 21.8. The van der Waals surface area contributed by atoms with E-state index in [1.165, 1.54) is 0 Å². The number of benzene rings is 1. The summed E-state index contributed by atoms with van der Waals surface area (Å²) in [5.74, 6) is -6.47. The molecule has 0 heterocycles. The summed E-state index contributed by atoms with van der Waals surface area (Å²) in [5, 5.41) is 9.70. The van der Waals surface area contributed by atoms with Crippen molar-refractivity contribution in [1.29, 1.82) is 0 Å². The molecule has 15 heteroatoms. The molecule has 0 saturated heterocycles. The van der Waals surface area contributed by atoms with Crippen molar-refractivity contribution in [3.8, 4) is 0 Å². The number of nitrogens with one attached hydrogen (secondary N) is 4. The number of carbonyl (C=O) groups excluding carboxylic acids is 8. The Morgan fingerprint density at radius 2 is 1.46 bits per heavy atom. The van der Waals surface area contributed by atoms with Crippen LogP contribution in [-0.4, -0.2) is 85.6 Å². The Balaban J connectivity index is 3.15. The first-order valence-electron chi connectivity index (χ1n) is 14.8. The second-order valence-electron chi connectivity index (χ2n) is 10.9. The van der Waals surface area contributed by atoms with Crippen LogP contribution in [0.4, 0.5) is 9.18 Å². The standard InChI is InChI=1S/C31H43FN4O10/c1-6-19(4)27(30(43)34-23(24(39)15-32)14-25(40)45-5)35-28(41)22(13-12-21(38)16-37)33-29(42)26(18(2)3)36-31(44)46-17-20-10-8-7-9-11-20/h7-11,16,18-19,22-23,26-27H,6,12-15,17H2,1-5H3,(H,33,42)(H,34,43)(H,35,41)(H,36,44)/t19-,22-,23-,26-,27-/m0/s1. The van der Waals surface area contributed by atoms with Crippen LogP contribution in [0.25, 0.3) is 0 Å². The smallest absolute Gasteiger partial charge is 0.408 e. The normalized spacial score (nSPS) is 14.0. The molecule has 1 aromatic rings. The summed E-state index contributed by atoms with van der Waals surface area (Å²) in [6.45, 7) is 5.08. The van der Waals surface area contributed by atoms with Crippen LogP contribution in [0.1, 0.15) is 58.9 Å². The predicted molar refractivity (Wildman–Crippen MR) is 162 cm³/mol. The van der Waals surface area contributed by atoms with E-state index in [2.05, 4.69) is 26.0 Å². The molecular formula is C31H43FN4O10. The van der Waals surface area contributed by atoms with Crippen molar-refractivity contribution in [1.82, 2.24) is 21.3 Å². The second-order valence-corrected chi connectivity index (χ2v) is 10.9. The van der Waals surface area contributed by atoms with Gasteiger partial charge in [-0.15, -0.1) is 0 Å². The molecule has 0 unspecified atom stereocenters. The van der Waals surface area contributed by atoms with Gasteiger partial charge in [0.1, 0.15) is 37.4 Å². The van der Waals surface area contributed by atoms with E-state index >= 15 is 0 Å². The molecule has 4 N–H and O–H groups in total. The average Bonchev–Trinajstić information content (AvgIpc) is 3.05. The number of hydrogen-bond acceptors (Lipinski definition) is 10. The maximum atomic E-state index is 13.5. The van der Waals surface area contributed by atoms with Crippen LogP contribution in [-0.2, 0) is 49.6 Å². The lowest BCUT2D eigenvalue weighted by molar-refractivity contribution is -0.143. The van der Waals surface area contributed by atoms with Crippen molar-refractivity contribution in [2.45, 2.75) is 84.2 Å². The summed E-state index contributed by atoms with van der Waals surface area (Å²) in [7, 11) is 1.06. The quantitative estimate of drug-likeness (QED) is 0.0899. The number of methoxy groups -OCH3 is 1. The Morgan fingerprint density at radius 1 is 0.848 bits per heavy atom. The minimum Gasteiger partial charge on any atom is -0.469 e. The summed E-state index contributed by atoms with van der Waals surface area (Å²) < 4.78 is 22.9. The minimum absolute atomic E-state index is 0.0611. The molecule has 1 aromatic carbocycles. The maximum absolute atomic E-state index is 13.5. The summed E-state index contributed by atoms with van der Waals surface area (Å²) in [6.07, 6.45) is -1.88. The molecular weight excluding hydrogens is 607 g/mol. The van der Waals surface area contributed by atoms with Crippen molar-refractivity contribution in [3.05, 3.63) is 35.9 Å². The number of ketones is 2. The molecule has 5 atom stereocenters. The number of Topliss-reactive ketones (excluding diaryl/α,β-unsaturated/α-hetero) is 2. The van der Waals surface area contributed by atoms with Gasteiger partial charge in [0.05, 0.1) is 13.5 Å². The predicted octanol–water partition coefficient (Wildman–Crippen LogP) is 1.09. The largest absolute Gasteiger partial charge is 0.469 e. The van der Waals surface area contributed by atoms with E-state index in [0.29, 0.717) is 12.0 Å². The van der Waals surface area contributed by atoms with Gasteiger partial charge in [-0.05, 0) is 23.8 Å². The molecule has 1 rings (SSSR count). The fourth-order valence-electron chi connectivity index (χ4n) is 4.11. The number of hydrogen-bond donors (Lipinski definition) is 4. The highest BCUT2D eigenvalue weighted by Gasteiger charge is 2.34. The van der Waals surface area contributed by atoms with E-state index < -0.39 is 96.9 Å². The van der Waals surface area contributed by atoms with Gasteiger partial charge in [-0.25, -0.2) is 9.18 Å². The van der Waals surface area contributed by atoms with E-state index in [-0.39, 0.29) is 19.3 Å². The van der Waals surface area contributed by atoms with Gasteiger partial charge in [0, 0.05) is 6.42 Å². The van der Waals surface area contributed by atoms with E-state index in [4.69, 9.17) is 4.74 Å². The number of amides is 4. The Morgan fingerprint density at radius 3 is 2.00 bits per heavy atom. The zero-order valence-corrected chi connectivity index (χ0v) is 26.6. The molecule has 46 heavy (non-hydrogen) atoms. The first kappa shape index (κ1) is 39.3. The number of halogens is 1. The Kier molecular flexibility index (Phi) is 17.4. The molecule has 0 aromatic heterocycles. The third-order valence-corrected chi connectivity index (χ3v) is 7.11. The van der Waals surface area contributed by atoms with Crippen molar-refractivity contribution in [2.75, 3.05) is 13.8 Å². The fourth-order valence-corrected chi connectivity index (χ4v) is 4.11. The van der Waals surface area contributed by atoms with Gasteiger partial charge >= 0.3 is 12.1 Å². The van der Waals surface area contributed by atoms with Gasteiger partial charge in [-0.3, -0.25) is 33.6 Å². The Hall–Kier alpha value is -4.69. The molecule has 14 nitrogen and oxygen atoms in total. The van der Waals surface area contributed by atoms with E-state index in [9.17, 15) is 42.7 Å². The number of aldehydes is 1. The second kappa shape index (κ2) is 20.4. The Bertz CT molecular complexity index is 1230. The average molecular weight is 651 g/mol. The highest BCUT2D eigenvalue weighted by atomic mass is 19.1. The SMILES string of the molecule is CC[C@H](C)[C@H](NC(=O)[C@H](CCC(=O)C=O)NC(=O)[C@@H](NC(=O)OCc1ccccc1)C(C)C)C(=O)N[C@@H](CC(=O)OC)C(=O)CF. The van der Waals surface area contributed by atoms with Crippen LogP contribution in [0.3, 0.4) is 0 Å². The molecule has 0 aliphatic carbocycles. The van der Waals surface area contributed by atoms with Crippen molar-refractivity contribution < 1.29 is 52.2 Å². The monoisotopic (exact) mass is 650 g/mol. The molecule has 0 aliphatic heterocycles. The van der Waals surface area contributed by atoms with Gasteiger partial charge < -0.3 is 30.7 Å². The van der Waals surface area contributed by atoms with Crippen LogP contribution in [0.5, 0.6) is 0 Å². The van der Waals surface area contributed by atoms with E-state index in [1.54, 1.807) is 58.0 Å². The molecule has 0 bridgehead atoms. The molecule has 0 aliphatic rings. The summed E-state index contributed by atoms with van der Waals surface area (Å²) in [5.41, 5.74) is 0.713. The zero-order valence-electron chi connectivity index (χ0n) is 26.6. The molecule has 4 amide bonds. The molecule has 0 radical (unpaired) electrons. The number of alkyl carbamates (subject to hydrolysis) is 1. The van der Waals surface area contributed by atoms with Crippen molar-refractivity contribution in [2.24, 2.45) is 11.8 Å². The highest BCUT2D eigenvalue weighted by Crippen LogP contribution is 2.12. The van der Waals surface area contributed by atoms with Crippen molar-refractivity contribution in [3.63, 3.8) is 0 Å². The van der Waals surface area contributed by atoms with Gasteiger partial charge in [-0.1, -0.05) is 64.4 Å². The highest BCUT2D eigenvalue weighted by molar-refractivity contribution is 6.24. The third-order valence-electron chi connectivity index (χ3n) is 7.11. The van der Waals surface area contributed by atoms with Gasteiger partial charge in [0.15, 0.2) is 17.9 Å². The van der Waals surface area contributed by atoms with Crippen LogP contribution in [0.15, 0.2) is 30.3 Å². The third kappa shape index (κ3) is 13.5. The Labute approximate surface area is 266 Å².